The minimum atomic E-state index is -4.01. The summed E-state index contributed by atoms with van der Waals surface area (Å²) < 4.78 is 38.6. The third-order valence-corrected chi connectivity index (χ3v) is 5.45. The van der Waals surface area contributed by atoms with E-state index in [1.165, 1.54) is 32.4 Å². The van der Waals surface area contributed by atoms with E-state index in [9.17, 15) is 13.2 Å². The molecule has 146 valence electrons. The molecule has 2 rings (SSSR count). The van der Waals surface area contributed by atoms with Gasteiger partial charge in [-0.3, -0.25) is 9.52 Å². The van der Waals surface area contributed by atoms with E-state index in [1.807, 2.05) is 13.8 Å². The smallest absolute Gasteiger partial charge is 0.265 e. The number of sulfonamides is 1. The molecule has 0 aromatic heterocycles. The van der Waals surface area contributed by atoms with Crippen LogP contribution < -0.4 is 19.5 Å². The van der Waals surface area contributed by atoms with Crippen molar-refractivity contribution in [2.75, 3.05) is 18.9 Å². The van der Waals surface area contributed by atoms with Gasteiger partial charge in [-0.15, -0.1) is 0 Å². The molecule has 0 bridgehead atoms. The number of benzene rings is 2. The number of hydrogen-bond acceptors (Lipinski definition) is 5. The molecule has 0 fully saturated rings. The Morgan fingerprint density at radius 3 is 2.44 bits per heavy atom. The Balaban J connectivity index is 2.41. The molecule has 2 aromatic rings. The zero-order chi connectivity index (χ0) is 20.0. The highest BCUT2D eigenvalue weighted by molar-refractivity contribution is 7.92. The monoisotopic (exact) mass is 392 g/mol. The van der Waals surface area contributed by atoms with Gasteiger partial charge in [0.15, 0.2) is 0 Å². The van der Waals surface area contributed by atoms with Crippen LogP contribution in [0.4, 0.5) is 5.69 Å². The van der Waals surface area contributed by atoms with Gasteiger partial charge in [-0.2, -0.15) is 0 Å². The van der Waals surface area contributed by atoms with Crippen LogP contribution in [0.15, 0.2) is 47.4 Å². The van der Waals surface area contributed by atoms with Crippen LogP contribution in [0.25, 0.3) is 0 Å². The van der Waals surface area contributed by atoms with E-state index < -0.39 is 10.0 Å². The predicted molar refractivity (Wildman–Crippen MR) is 104 cm³/mol. The van der Waals surface area contributed by atoms with Gasteiger partial charge in [-0.25, -0.2) is 8.42 Å². The summed E-state index contributed by atoms with van der Waals surface area (Å²) >= 11 is 0. The number of methoxy groups -OCH3 is 2. The molecule has 7 nitrogen and oxygen atoms in total. The number of amides is 1. The van der Waals surface area contributed by atoms with Gasteiger partial charge in [0.1, 0.15) is 16.4 Å². The average Bonchev–Trinajstić information content (AvgIpc) is 2.67. The molecule has 0 saturated heterocycles. The number of hydrogen-bond donors (Lipinski definition) is 2. The summed E-state index contributed by atoms with van der Waals surface area (Å²) in [5, 5.41) is 2.83. The van der Waals surface area contributed by atoms with Gasteiger partial charge in [0.25, 0.3) is 15.9 Å². The molecule has 0 radical (unpaired) electrons. The molecule has 0 aliphatic heterocycles. The summed E-state index contributed by atoms with van der Waals surface area (Å²) in [6, 6.07) is 10.9. The molecule has 0 aliphatic rings. The number of carbonyl (C=O) groups excluding carboxylic acids is 1. The van der Waals surface area contributed by atoms with Crippen LogP contribution in [-0.2, 0) is 10.0 Å². The quantitative estimate of drug-likeness (QED) is 0.720. The Morgan fingerprint density at radius 1 is 1.11 bits per heavy atom. The van der Waals surface area contributed by atoms with Crippen molar-refractivity contribution in [2.45, 2.75) is 31.2 Å². The summed E-state index contributed by atoms with van der Waals surface area (Å²) in [6.45, 7) is 3.83. The van der Waals surface area contributed by atoms with Crippen molar-refractivity contribution < 1.29 is 22.7 Å². The Kier molecular flexibility index (Phi) is 6.68. The maximum atomic E-state index is 12.9. The molecule has 1 atom stereocenters. The molecule has 0 spiro atoms. The van der Waals surface area contributed by atoms with Crippen molar-refractivity contribution in [1.82, 2.24) is 5.32 Å². The zero-order valence-corrected chi connectivity index (χ0v) is 16.6. The Bertz CT molecular complexity index is 912. The van der Waals surface area contributed by atoms with Crippen molar-refractivity contribution in [3.05, 3.63) is 48.0 Å². The molecular formula is C19H24N2O5S. The van der Waals surface area contributed by atoms with Crippen molar-refractivity contribution in [2.24, 2.45) is 0 Å². The fourth-order valence-corrected chi connectivity index (χ4v) is 3.63. The van der Waals surface area contributed by atoms with Crippen LogP contribution in [0.5, 0.6) is 11.5 Å². The standard InChI is InChI=1S/C19H24N2O5S/c1-5-13(2)20-19(22)15-8-6-7-9-16(15)21-27(23,24)18-12-14(25-3)10-11-17(18)26-4/h6-13,21H,5H2,1-4H3,(H,20,22)/t13-/m1/s1. The van der Waals surface area contributed by atoms with Crippen LogP contribution in [0.1, 0.15) is 30.6 Å². The van der Waals surface area contributed by atoms with E-state index in [0.717, 1.165) is 6.42 Å². The van der Waals surface area contributed by atoms with Gasteiger partial charge in [-0.05, 0) is 37.6 Å². The number of carbonyl (C=O) groups is 1. The van der Waals surface area contributed by atoms with E-state index in [2.05, 4.69) is 10.0 Å². The highest BCUT2D eigenvalue weighted by Gasteiger charge is 2.23. The Labute approximate surface area is 159 Å². The fourth-order valence-electron chi connectivity index (χ4n) is 2.37. The van der Waals surface area contributed by atoms with Crippen molar-refractivity contribution in [3.63, 3.8) is 0 Å². The van der Waals surface area contributed by atoms with E-state index in [4.69, 9.17) is 9.47 Å². The van der Waals surface area contributed by atoms with Gasteiger partial charge in [0, 0.05) is 12.1 Å². The second-order valence-corrected chi connectivity index (χ2v) is 7.60. The van der Waals surface area contributed by atoms with Gasteiger partial charge in [-0.1, -0.05) is 19.1 Å². The SMILES string of the molecule is CC[C@@H](C)NC(=O)c1ccccc1NS(=O)(=O)c1cc(OC)ccc1OC. The average molecular weight is 392 g/mol. The van der Waals surface area contributed by atoms with E-state index in [-0.39, 0.29) is 33.8 Å². The van der Waals surface area contributed by atoms with Crippen molar-refractivity contribution in [3.8, 4) is 11.5 Å². The maximum Gasteiger partial charge on any atom is 0.265 e. The van der Waals surface area contributed by atoms with Crippen LogP contribution in [0.3, 0.4) is 0 Å². The molecule has 8 heteroatoms. The lowest BCUT2D eigenvalue weighted by Gasteiger charge is -2.16. The van der Waals surface area contributed by atoms with Gasteiger partial charge in [0.05, 0.1) is 25.5 Å². The maximum absolute atomic E-state index is 12.9. The number of nitrogens with one attached hydrogen (secondary N) is 2. The van der Waals surface area contributed by atoms with Gasteiger partial charge >= 0.3 is 0 Å². The third-order valence-electron chi connectivity index (χ3n) is 4.07. The Morgan fingerprint density at radius 2 is 1.81 bits per heavy atom. The molecule has 27 heavy (non-hydrogen) atoms. The molecule has 2 N–H and O–H groups in total. The van der Waals surface area contributed by atoms with Crippen LogP contribution in [-0.4, -0.2) is 34.6 Å². The summed E-state index contributed by atoms with van der Waals surface area (Å²) in [5.74, 6) is 0.198. The third kappa shape index (κ3) is 4.91. The summed E-state index contributed by atoms with van der Waals surface area (Å²) in [6.07, 6.45) is 0.765. The van der Waals surface area contributed by atoms with Crippen molar-refractivity contribution in [1.29, 1.82) is 0 Å². The first kappa shape index (κ1) is 20.6. The van der Waals surface area contributed by atoms with Crippen molar-refractivity contribution >= 4 is 21.6 Å². The number of rotatable bonds is 8. The largest absolute Gasteiger partial charge is 0.497 e. The minimum Gasteiger partial charge on any atom is -0.497 e. The van der Waals surface area contributed by atoms with E-state index >= 15 is 0 Å². The van der Waals surface area contributed by atoms with Crippen LogP contribution >= 0.6 is 0 Å². The molecule has 0 saturated carbocycles. The lowest BCUT2D eigenvalue weighted by atomic mass is 10.1. The summed E-state index contributed by atoms with van der Waals surface area (Å²) in [4.78, 5) is 12.4. The van der Waals surface area contributed by atoms with Crippen LogP contribution in [0.2, 0.25) is 0 Å². The normalized spacial score (nSPS) is 12.1. The molecule has 0 aliphatic carbocycles. The first-order chi connectivity index (χ1) is 12.8. The zero-order valence-electron chi connectivity index (χ0n) is 15.8. The van der Waals surface area contributed by atoms with Gasteiger partial charge in [0.2, 0.25) is 0 Å². The first-order valence-electron chi connectivity index (χ1n) is 8.47. The number of para-hydroxylation sites is 1. The molecule has 0 unspecified atom stereocenters. The summed E-state index contributed by atoms with van der Waals surface area (Å²) in [7, 11) is -1.19. The van der Waals surface area contributed by atoms with E-state index in [0.29, 0.717) is 5.75 Å². The highest BCUT2D eigenvalue weighted by atomic mass is 32.2. The number of anilines is 1. The fraction of sp³-hybridized carbons (Fsp3) is 0.316. The molecule has 2 aromatic carbocycles. The molecule has 1 amide bonds. The number of ether oxygens (including phenoxy) is 2. The van der Waals surface area contributed by atoms with Gasteiger partial charge < -0.3 is 14.8 Å². The highest BCUT2D eigenvalue weighted by Crippen LogP contribution is 2.30. The second-order valence-electron chi connectivity index (χ2n) is 5.95. The molecule has 0 heterocycles. The molecular weight excluding hydrogens is 368 g/mol. The first-order valence-corrected chi connectivity index (χ1v) is 9.95. The summed E-state index contributed by atoms with van der Waals surface area (Å²) in [5.41, 5.74) is 0.423. The minimum absolute atomic E-state index is 0.0272. The topological polar surface area (TPSA) is 93.7 Å². The second kappa shape index (κ2) is 8.77. The predicted octanol–water partition coefficient (Wildman–Crippen LogP) is 3.03. The lowest BCUT2D eigenvalue weighted by Crippen LogP contribution is -2.32. The Hall–Kier alpha value is -2.74. The lowest BCUT2D eigenvalue weighted by molar-refractivity contribution is 0.0940. The van der Waals surface area contributed by atoms with Crippen LogP contribution in [0, 0.1) is 0 Å². The van der Waals surface area contributed by atoms with E-state index in [1.54, 1.807) is 24.3 Å².